The minimum atomic E-state index is 0.472. The van der Waals surface area contributed by atoms with Gasteiger partial charge in [-0.1, -0.05) is 25.6 Å². The Bertz CT molecular complexity index is 362. The summed E-state index contributed by atoms with van der Waals surface area (Å²) < 4.78 is 0. The lowest BCUT2D eigenvalue weighted by atomic mass is 10.3. The molecule has 1 aromatic rings. The molecule has 0 bridgehead atoms. The van der Waals surface area contributed by atoms with E-state index in [-0.39, 0.29) is 0 Å². The highest BCUT2D eigenvalue weighted by Gasteiger charge is 2.01. The van der Waals surface area contributed by atoms with Gasteiger partial charge in [0, 0.05) is 17.6 Å². The summed E-state index contributed by atoms with van der Waals surface area (Å²) in [6, 6.07) is 3.72. The van der Waals surface area contributed by atoms with E-state index in [4.69, 9.17) is 5.73 Å². The van der Waals surface area contributed by atoms with Crippen molar-refractivity contribution in [3.63, 3.8) is 0 Å². The molecule has 1 atom stereocenters. The second-order valence-corrected chi connectivity index (χ2v) is 4.76. The Morgan fingerprint density at radius 3 is 2.88 bits per heavy atom. The summed E-state index contributed by atoms with van der Waals surface area (Å²) in [4.78, 5) is 3.91. The van der Waals surface area contributed by atoms with Crippen LogP contribution in [0.4, 0.5) is 0 Å². The van der Waals surface area contributed by atoms with E-state index in [2.05, 4.69) is 29.0 Å². The van der Waals surface area contributed by atoms with Crippen LogP contribution in [0.2, 0.25) is 0 Å². The van der Waals surface area contributed by atoms with Crippen LogP contribution in [0, 0.1) is 0 Å². The first-order valence-corrected chi connectivity index (χ1v) is 6.03. The third kappa shape index (κ3) is 4.93. The maximum absolute atomic E-state index is 5.70. The van der Waals surface area contributed by atoms with Crippen LogP contribution in [0.1, 0.15) is 25.8 Å². The summed E-state index contributed by atoms with van der Waals surface area (Å²) in [7, 11) is 0. The highest BCUT2D eigenvalue weighted by atomic mass is 32.2. The molecule has 0 spiro atoms. The summed E-state index contributed by atoms with van der Waals surface area (Å²) in [5.41, 5.74) is 6.66. The lowest BCUT2D eigenvalue weighted by Gasteiger charge is -2.04. The number of nitrogens with zero attached hydrogens (tertiary/aromatic N) is 3. The van der Waals surface area contributed by atoms with Crippen LogP contribution in [0.3, 0.4) is 0 Å². The predicted molar refractivity (Wildman–Crippen MR) is 70.8 cm³/mol. The van der Waals surface area contributed by atoms with Gasteiger partial charge in [-0.3, -0.25) is 4.98 Å². The summed E-state index contributed by atoms with van der Waals surface area (Å²) in [6.07, 6.45) is 6.14. The van der Waals surface area contributed by atoms with Crippen molar-refractivity contribution in [1.29, 1.82) is 0 Å². The number of thioether (sulfide) groups is 1. The van der Waals surface area contributed by atoms with E-state index in [1.807, 2.05) is 12.1 Å². The first-order valence-electron chi connectivity index (χ1n) is 5.15. The zero-order valence-electron chi connectivity index (χ0n) is 9.50. The Hall–Kier alpha value is -1.36. The molecule has 0 amide bonds. The molecular formula is C11H16N4S. The molecule has 0 fully saturated rings. The molecule has 1 aromatic heterocycles. The number of nitrogens with two attached hydrogens (primary N) is 1. The average molecular weight is 236 g/mol. The molecule has 1 unspecified atom stereocenters. The molecule has 0 aliphatic heterocycles. The molecule has 0 aromatic carbocycles. The molecule has 0 saturated heterocycles. The van der Waals surface area contributed by atoms with Gasteiger partial charge >= 0.3 is 0 Å². The van der Waals surface area contributed by atoms with Gasteiger partial charge < -0.3 is 5.73 Å². The topological polar surface area (TPSA) is 63.6 Å². The SMILES string of the molecule is CCC(C)S/C(N)=N/N=C/c1ccncc1. The Labute approximate surface area is 100 Å². The second kappa shape index (κ2) is 7.00. The largest absolute Gasteiger partial charge is 0.377 e. The van der Waals surface area contributed by atoms with Crippen LogP contribution in [-0.4, -0.2) is 21.6 Å². The van der Waals surface area contributed by atoms with E-state index < -0.39 is 0 Å². The zero-order valence-corrected chi connectivity index (χ0v) is 10.3. The van der Waals surface area contributed by atoms with Crippen LogP contribution < -0.4 is 5.73 Å². The standard InChI is InChI=1S/C11H16N4S/c1-3-9(2)16-11(12)15-14-8-10-4-6-13-7-5-10/h4-9H,3H2,1-2H3,(H2,12,15)/b14-8+. The number of rotatable bonds is 4. The fourth-order valence-electron chi connectivity index (χ4n) is 0.915. The maximum Gasteiger partial charge on any atom is 0.180 e. The van der Waals surface area contributed by atoms with E-state index in [0.29, 0.717) is 10.4 Å². The van der Waals surface area contributed by atoms with E-state index in [9.17, 15) is 0 Å². The number of hydrogen-bond acceptors (Lipinski definition) is 4. The van der Waals surface area contributed by atoms with Crippen molar-refractivity contribution < 1.29 is 0 Å². The van der Waals surface area contributed by atoms with E-state index in [1.54, 1.807) is 18.6 Å². The molecule has 0 radical (unpaired) electrons. The highest BCUT2D eigenvalue weighted by Crippen LogP contribution is 2.12. The van der Waals surface area contributed by atoms with E-state index in [1.165, 1.54) is 11.8 Å². The minimum Gasteiger partial charge on any atom is -0.377 e. The number of hydrogen-bond donors (Lipinski definition) is 1. The summed E-state index contributed by atoms with van der Waals surface area (Å²) in [5, 5.41) is 8.80. The maximum atomic E-state index is 5.70. The van der Waals surface area contributed by atoms with Crippen LogP contribution >= 0.6 is 11.8 Å². The van der Waals surface area contributed by atoms with Crippen LogP contribution in [-0.2, 0) is 0 Å². The Balaban J connectivity index is 2.49. The van der Waals surface area contributed by atoms with Crippen LogP contribution in [0.15, 0.2) is 34.7 Å². The van der Waals surface area contributed by atoms with Gasteiger partial charge in [0.15, 0.2) is 5.17 Å². The molecule has 1 heterocycles. The summed E-state index contributed by atoms with van der Waals surface area (Å²) in [6.45, 7) is 4.23. The fraction of sp³-hybridized carbons (Fsp3) is 0.364. The van der Waals surface area contributed by atoms with Gasteiger partial charge in [0.25, 0.3) is 0 Å². The van der Waals surface area contributed by atoms with Crippen LogP contribution in [0.5, 0.6) is 0 Å². The predicted octanol–water partition coefficient (Wildman–Crippen LogP) is 2.26. The molecule has 2 N–H and O–H groups in total. The van der Waals surface area contributed by atoms with Crippen molar-refractivity contribution in [1.82, 2.24) is 4.98 Å². The second-order valence-electron chi connectivity index (χ2n) is 3.30. The molecular weight excluding hydrogens is 220 g/mol. The molecule has 0 aliphatic rings. The smallest absolute Gasteiger partial charge is 0.180 e. The molecule has 5 heteroatoms. The van der Waals surface area contributed by atoms with Crippen LogP contribution in [0.25, 0.3) is 0 Å². The Morgan fingerprint density at radius 1 is 1.56 bits per heavy atom. The fourth-order valence-corrected chi connectivity index (χ4v) is 1.59. The van der Waals surface area contributed by atoms with E-state index >= 15 is 0 Å². The third-order valence-electron chi connectivity index (χ3n) is 1.97. The first kappa shape index (κ1) is 12.7. The third-order valence-corrected chi connectivity index (χ3v) is 3.02. The van der Waals surface area contributed by atoms with Crippen molar-refractivity contribution >= 4 is 23.1 Å². The first-order chi connectivity index (χ1) is 7.72. The molecule has 0 saturated carbocycles. The highest BCUT2D eigenvalue weighted by molar-refractivity contribution is 8.14. The van der Waals surface area contributed by atoms with Crippen molar-refractivity contribution in [3.05, 3.63) is 30.1 Å². The zero-order chi connectivity index (χ0) is 11.8. The van der Waals surface area contributed by atoms with Crippen molar-refractivity contribution in [2.45, 2.75) is 25.5 Å². The molecule has 0 aliphatic carbocycles. The van der Waals surface area contributed by atoms with Gasteiger partial charge in [0.2, 0.25) is 0 Å². The molecule has 4 nitrogen and oxygen atoms in total. The van der Waals surface area contributed by atoms with Crippen molar-refractivity contribution in [2.24, 2.45) is 15.9 Å². The van der Waals surface area contributed by atoms with Gasteiger partial charge in [-0.25, -0.2) is 0 Å². The lowest BCUT2D eigenvalue weighted by molar-refractivity contribution is 0.910. The molecule has 1 rings (SSSR count). The van der Waals surface area contributed by atoms with Crippen molar-refractivity contribution in [2.75, 3.05) is 0 Å². The summed E-state index contributed by atoms with van der Waals surface area (Å²) >= 11 is 1.54. The van der Waals surface area contributed by atoms with Gasteiger partial charge in [-0.15, -0.1) is 5.10 Å². The lowest BCUT2D eigenvalue weighted by Crippen LogP contribution is -2.10. The minimum absolute atomic E-state index is 0.472. The van der Waals surface area contributed by atoms with Gasteiger partial charge in [-0.2, -0.15) is 5.10 Å². The summed E-state index contributed by atoms with van der Waals surface area (Å²) in [5.74, 6) is 0. The molecule has 86 valence electrons. The number of aromatic nitrogens is 1. The average Bonchev–Trinajstić information content (AvgIpc) is 2.30. The quantitative estimate of drug-likeness (QED) is 0.495. The number of pyridine rings is 1. The van der Waals surface area contributed by atoms with Crippen molar-refractivity contribution in [3.8, 4) is 0 Å². The number of amidine groups is 1. The Kier molecular flexibility index (Phi) is 5.56. The Morgan fingerprint density at radius 2 is 2.25 bits per heavy atom. The normalized spacial score (nSPS) is 14.2. The molecule has 16 heavy (non-hydrogen) atoms. The van der Waals surface area contributed by atoms with Gasteiger partial charge in [0.1, 0.15) is 0 Å². The van der Waals surface area contributed by atoms with E-state index in [0.717, 1.165) is 12.0 Å². The monoisotopic (exact) mass is 236 g/mol. The van der Waals surface area contributed by atoms with Gasteiger partial charge in [0.05, 0.1) is 6.21 Å². The van der Waals surface area contributed by atoms with Gasteiger partial charge in [-0.05, 0) is 24.1 Å².